The Morgan fingerprint density at radius 2 is 2.18 bits per heavy atom. The van der Waals surface area contributed by atoms with Crippen molar-refractivity contribution in [3.63, 3.8) is 0 Å². The normalized spacial score (nSPS) is 13.1. The molecule has 2 heterocycles. The van der Waals surface area contributed by atoms with Crippen molar-refractivity contribution in [1.29, 1.82) is 0 Å². The number of aliphatic hydroxyl groups is 1. The molecule has 8 heteroatoms. The van der Waals surface area contributed by atoms with Gasteiger partial charge in [-0.1, -0.05) is 18.2 Å². The van der Waals surface area contributed by atoms with Crippen LogP contribution in [0.1, 0.15) is 34.3 Å². The Balaban J connectivity index is 1.61. The average molecular weight is 464 g/mol. The van der Waals surface area contributed by atoms with Crippen molar-refractivity contribution in [1.82, 2.24) is 15.3 Å². The molecule has 0 fully saturated rings. The molecule has 148 valence electrons. The van der Waals surface area contributed by atoms with Gasteiger partial charge >= 0.3 is 0 Å². The molecule has 0 aliphatic heterocycles. The maximum Gasteiger partial charge on any atom is 0.269 e. The molecule has 2 aromatic heterocycles. The molecule has 0 aliphatic carbocycles. The second-order valence-corrected chi connectivity index (χ2v) is 8.97. The van der Waals surface area contributed by atoms with Gasteiger partial charge < -0.3 is 20.1 Å². The Kier molecular flexibility index (Phi) is 7.24. The van der Waals surface area contributed by atoms with Crippen molar-refractivity contribution in [3.05, 3.63) is 68.8 Å². The summed E-state index contributed by atoms with van der Waals surface area (Å²) in [6, 6.07) is 11.5. The van der Waals surface area contributed by atoms with Gasteiger partial charge in [-0.05, 0) is 59.5 Å². The van der Waals surface area contributed by atoms with Gasteiger partial charge in [0.2, 0.25) is 0 Å². The SMILES string of the molecule is C[C@H](O)[C@@H](CCc1ccccc1OCc1ccc(Br)s1)NC(=O)c1cnc[nH]1. The van der Waals surface area contributed by atoms with E-state index in [0.717, 1.165) is 20.0 Å². The number of aliphatic hydroxyl groups excluding tert-OH is 1. The topological polar surface area (TPSA) is 87.2 Å². The minimum atomic E-state index is -0.677. The lowest BCUT2D eigenvalue weighted by molar-refractivity contribution is 0.0846. The van der Waals surface area contributed by atoms with Gasteiger partial charge in [-0.15, -0.1) is 11.3 Å². The van der Waals surface area contributed by atoms with Crippen molar-refractivity contribution in [2.75, 3.05) is 0 Å². The Labute approximate surface area is 176 Å². The highest BCUT2D eigenvalue weighted by atomic mass is 79.9. The van der Waals surface area contributed by atoms with Crippen LogP contribution in [0.2, 0.25) is 0 Å². The predicted molar refractivity (Wildman–Crippen MR) is 113 cm³/mol. The molecule has 3 N–H and O–H groups in total. The number of hydrogen-bond acceptors (Lipinski definition) is 5. The highest BCUT2D eigenvalue weighted by molar-refractivity contribution is 9.11. The average Bonchev–Trinajstić information content (AvgIpc) is 3.35. The van der Waals surface area contributed by atoms with Gasteiger partial charge in [-0.2, -0.15) is 0 Å². The lowest BCUT2D eigenvalue weighted by atomic mass is 10.0. The highest BCUT2D eigenvalue weighted by Crippen LogP contribution is 2.26. The standard InChI is InChI=1S/C20H22BrN3O3S/c1-13(25)16(24-20(26)17-10-22-12-23-17)8-6-14-4-2-3-5-18(14)27-11-15-7-9-19(21)28-15/h2-5,7,9-10,12-13,16,25H,6,8,11H2,1H3,(H,22,23)(H,24,26)/t13-,16+/m0/s1. The lowest BCUT2D eigenvalue weighted by Crippen LogP contribution is -2.42. The number of rotatable bonds is 9. The third-order valence-corrected chi connectivity index (χ3v) is 5.93. The lowest BCUT2D eigenvalue weighted by Gasteiger charge is -2.21. The summed E-state index contributed by atoms with van der Waals surface area (Å²) in [5.74, 6) is 0.535. The zero-order chi connectivity index (χ0) is 19.9. The predicted octanol–water partition coefficient (Wildman–Crippen LogP) is 3.92. The second kappa shape index (κ2) is 9.86. The maximum atomic E-state index is 12.2. The summed E-state index contributed by atoms with van der Waals surface area (Å²) in [4.78, 5) is 20.0. The van der Waals surface area contributed by atoms with Crippen LogP contribution < -0.4 is 10.1 Å². The van der Waals surface area contributed by atoms with Gasteiger partial charge in [-0.25, -0.2) is 4.98 Å². The number of halogens is 1. The molecule has 0 spiro atoms. The summed E-state index contributed by atoms with van der Waals surface area (Å²) in [6.07, 6.45) is 3.49. The van der Waals surface area contributed by atoms with Crippen molar-refractivity contribution in [2.24, 2.45) is 0 Å². The van der Waals surface area contributed by atoms with E-state index < -0.39 is 6.10 Å². The molecule has 1 aromatic carbocycles. The number of H-pyrrole nitrogens is 1. The van der Waals surface area contributed by atoms with Crippen LogP contribution in [0.25, 0.3) is 0 Å². The number of carbonyl (C=O) groups is 1. The molecule has 0 aliphatic rings. The zero-order valence-corrected chi connectivity index (χ0v) is 17.8. The third-order valence-electron chi connectivity index (χ3n) is 4.34. The first-order chi connectivity index (χ1) is 13.5. The monoisotopic (exact) mass is 463 g/mol. The molecule has 3 rings (SSSR count). The minimum Gasteiger partial charge on any atom is -0.488 e. The first-order valence-corrected chi connectivity index (χ1v) is 10.6. The molecule has 3 aromatic rings. The van der Waals surface area contributed by atoms with Gasteiger partial charge in [-0.3, -0.25) is 4.79 Å². The molecule has 0 radical (unpaired) electrons. The zero-order valence-electron chi connectivity index (χ0n) is 15.4. The van der Waals surface area contributed by atoms with Crippen LogP contribution in [-0.2, 0) is 13.0 Å². The summed E-state index contributed by atoms with van der Waals surface area (Å²) in [7, 11) is 0. The number of hydrogen-bond donors (Lipinski definition) is 3. The molecular formula is C20H22BrN3O3S. The molecule has 28 heavy (non-hydrogen) atoms. The van der Waals surface area contributed by atoms with Gasteiger partial charge in [0.25, 0.3) is 5.91 Å². The molecule has 2 atom stereocenters. The van der Waals surface area contributed by atoms with E-state index in [9.17, 15) is 9.90 Å². The first kappa shape index (κ1) is 20.6. The van der Waals surface area contributed by atoms with Gasteiger partial charge in [0, 0.05) is 4.88 Å². The molecule has 0 saturated heterocycles. The molecule has 6 nitrogen and oxygen atoms in total. The number of ether oxygens (including phenoxy) is 1. The van der Waals surface area contributed by atoms with Crippen LogP contribution in [0.4, 0.5) is 0 Å². The number of nitrogens with zero attached hydrogens (tertiary/aromatic N) is 1. The van der Waals surface area contributed by atoms with E-state index in [2.05, 4.69) is 31.2 Å². The quantitative estimate of drug-likeness (QED) is 0.448. The smallest absolute Gasteiger partial charge is 0.269 e. The number of carbonyl (C=O) groups excluding carboxylic acids is 1. The Morgan fingerprint density at radius 1 is 1.36 bits per heavy atom. The van der Waals surface area contributed by atoms with E-state index in [4.69, 9.17) is 4.74 Å². The second-order valence-electron chi connectivity index (χ2n) is 6.43. The van der Waals surface area contributed by atoms with E-state index in [1.54, 1.807) is 18.3 Å². The van der Waals surface area contributed by atoms with Crippen LogP contribution in [0, 0.1) is 0 Å². The highest BCUT2D eigenvalue weighted by Gasteiger charge is 2.20. The fourth-order valence-corrected chi connectivity index (χ4v) is 4.20. The number of aromatic nitrogens is 2. The number of benzene rings is 1. The number of imidazole rings is 1. The Hall–Kier alpha value is -2.16. The summed E-state index contributed by atoms with van der Waals surface area (Å²) in [6.45, 7) is 2.18. The van der Waals surface area contributed by atoms with Gasteiger partial charge in [0.15, 0.2) is 0 Å². The van der Waals surface area contributed by atoms with Crippen molar-refractivity contribution in [2.45, 2.75) is 38.5 Å². The van der Waals surface area contributed by atoms with E-state index in [1.807, 2.05) is 36.4 Å². The molecule has 0 saturated carbocycles. The van der Waals surface area contributed by atoms with E-state index in [-0.39, 0.29) is 11.9 Å². The molecular weight excluding hydrogens is 442 g/mol. The maximum absolute atomic E-state index is 12.2. The van der Waals surface area contributed by atoms with E-state index >= 15 is 0 Å². The van der Waals surface area contributed by atoms with Gasteiger partial charge in [0.1, 0.15) is 18.1 Å². The van der Waals surface area contributed by atoms with E-state index in [1.165, 1.54) is 12.5 Å². The summed E-state index contributed by atoms with van der Waals surface area (Å²) < 4.78 is 7.07. The van der Waals surface area contributed by atoms with Crippen molar-refractivity contribution < 1.29 is 14.6 Å². The summed E-state index contributed by atoms with van der Waals surface area (Å²) in [5.41, 5.74) is 1.41. The molecule has 0 unspecified atom stereocenters. The van der Waals surface area contributed by atoms with Crippen LogP contribution in [-0.4, -0.2) is 33.1 Å². The fourth-order valence-electron chi connectivity index (χ4n) is 2.80. The summed E-state index contributed by atoms with van der Waals surface area (Å²) >= 11 is 5.10. The van der Waals surface area contributed by atoms with Crippen LogP contribution in [0.5, 0.6) is 5.75 Å². The van der Waals surface area contributed by atoms with Crippen molar-refractivity contribution >= 4 is 33.2 Å². The number of aromatic amines is 1. The summed E-state index contributed by atoms with van der Waals surface area (Å²) in [5, 5.41) is 12.9. The fraction of sp³-hybridized carbons (Fsp3) is 0.300. The van der Waals surface area contributed by atoms with Crippen LogP contribution in [0.15, 0.2) is 52.7 Å². The number of nitrogens with one attached hydrogen (secondary N) is 2. The third kappa shape index (κ3) is 5.67. The number of para-hydroxylation sites is 1. The van der Waals surface area contributed by atoms with Gasteiger partial charge in [0.05, 0.1) is 28.5 Å². The largest absolute Gasteiger partial charge is 0.488 e. The number of amides is 1. The first-order valence-electron chi connectivity index (χ1n) is 8.95. The van der Waals surface area contributed by atoms with Crippen molar-refractivity contribution in [3.8, 4) is 5.75 Å². The number of thiophene rings is 1. The Bertz CT molecular complexity index is 896. The molecule has 0 bridgehead atoms. The van der Waals surface area contributed by atoms with Crippen LogP contribution in [0.3, 0.4) is 0 Å². The Morgan fingerprint density at radius 3 is 2.86 bits per heavy atom. The molecule has 1 amide bonds. The minimum absolute atomic E-state index is 0.281. The van der Waals surface area contributed by atoms with Crippen LogP contribution >= 0.6 is 27.3 Å². The number of aryl methyl sites for hydroxylation is 1. The van der Waals surface area contributed by atoms with E-state index in [0.29, 0.717) is 25.1 Å².